The zero-order valence-corrected chi connectivity index (χ0v) is 13.1. The number of sulfone groups is 1. The van der Waals surface area contributed by atoms with E-state index in [0.29, 0.717) is 12.1 Å². The molecule has 1 heterocycles. The first-order valence-corrected chi connectivity index (χ1v) is 8.04. The average Bonchev–Trinajstić information content (AvgIpc) is 2.61. The third-order valence-electron chi connectivity index (χ3n) is 3.29. The number of nitrogens with one attached hydrogen (secondary N) is 1. The summed E-state index contributed by atoms with van der Waals surface area (Å²) < 4.78 is 23.6. The van der Waals surface area contributed by atoms with Crippen LogP contribution in [0.3, 0.4) is 0 Å². The van der Waals surface area contributed by atoms with Crippen LogP contribution < -0.4 is 5.32 Å². The van der Waals surface area contributed by atoms with Crippen molar-refractivity contribution in [2.45, 2.75) is 31.9 Å². The first-order chi connectivity index (χ1) is 9.01. The van der Waals surface area contributed by atoms with E-state index in [-0.39, 0.29) is 18.1 Å². The molecule has 1 N–H and O–H groups in total. The van der Waals surface area contributed by atoms with Gasteiger partial charge in [0.15, 0.2) is 9.84 Å². The molecule has 0 saturated heterocycles. The number of hydrogen-bond acceptors (Lipinski definition) is 6. The van der Waals surface area contributed by atoms with Crippen LogP contribution in [0.1, 0.15) is 26.5 Å². The van der Waals surface area contributed by atoms with E-state index in [0.717, 1.165) is 6.26 Å². The Morgan fingerprint density at radius 2 is 2.00 bits per heavy atom. The Morgan fingerprint density at radius 1 is 1.45 bits per heavy atom. The summed E-state index contributed by atoms with van der Waals surface area (Å²) in [7, 11) is -1.69. The molecule has 0 amide bonds. The van der Waals surface area contributed by atoms with Crippen molar-refractivity contribution in [3.63, 3.8) is 0 Å². The zero-order valence-electron chi connectivity index (χ0n) is 12.3. The maximum absolute atomic E-state index is 11.6. The monoisotopic (exact) mass is 304 g/mol. The fourth-order valence-corrected chi connectivity index (χ4v) is 1.96. The molecular formula is C11H20N4O4S. The first-order valence-electron chi connectivity index (χ1n) is 6.15. The van der Waals surface area contributed by atoms with Gasteiger partial charge in [0, 0.05) is 19.8 Å². The summed E-state index contributed by atoms with van der Waals surface area (Å²) in [5.74, 6) is 0.226. The van der Waals surface area contributed by atoms with Crippen molar-refractivity contribution in [3.8, 4) is 0 Å². The van der Waals surface area contributed by atoms with Crippen LogP contribution >= 0.6 is 0 Å². The molecular weight excluding hydrogens is 284 g/mol. The number of hydrogen-bond donors (Lipinski definition) is 1. The molecule has 1 rings (SSSR count). The summed E-state index contributed by atoms with van der Waals surface area (Å²) >= 11 is 0. The van der Waals surface area contributed by atoms with Gasteiger partial charge in [-0.1, -0.05) is 6.92 Å². The Labute approximate surface area is 118 Å². The minimum Gasteiger partial charge on any atom is -0.363 e. The molecule has 0 bridgehead atoms. The molecule has 0 radical (unpaired) electrons. The maximum atomic E-state index is 11.6. The van der Waals surface area contributed by atoms with Gasteiger partial charge in [0.05, 0.1) is 9.67 Å². The van der Waals surface area contributed by atoms with Gasteiger partial charge >= 0.3 is 5.69 Å². The minimum atomic E-state index is -3.28. The number of rotatable bonds is 6. The van der Waals surface area contributed by atoms with Crippen molar-refractivity contribution in [3.05, 3.63) is 15.8 Å². The van der Waals surface area contributed by atoms with E-state index in [1.807, 2.05) is 0 Å². The summed E-state index contributed by atoms with van der Waals surface area (Å²) in [5, 5.41) is 18.1. The molecule has 9 heteroatoms. The van der Waals surface area contributed by atoms with Gasteiger partial charge in [-0.3, -0.25) is 10.1 Å². The van der Waals surface area contributed by atoms with Gasteiger partial charge in [0.2, 0.25) is 5.82 Å². The fourth-order valence-electron chi connectivity index (χ4n) is 1.62. The van der Waals surface area contributed by atoms with Gasteiger partial charge < -0.3 is 5.32 Å². The number of aryl methyl sites for hydroxylation is 2. The van der Waals surface area contributed by atoms with Crippen molar-refractivity contribution < 1.29 is 13.3 Å². The molecule has 0 aliphatic rings. The molecule has 0 saturated carbocycles. The second-order valence-corrected chi connectivity index (χ2v) is 7.91. The van der Waals surface area contributed by atoms with Gasteiger partial charge in [0.1, 0.15) is 5.69 Å². The van der Waals surface area contributed by atoms with Gasteiger partial charge in [-0.2, -0.15) is 5.10 Å². The lowest BCUT2D eigenvalue weighted by atomic mass is 10.2. The van der Waals surface area contributed by atoms with Crippen molar-refractivity contribution in [1.82, 2.24) is 9.78 Å². The van der Waals surface area contributed by atoms with E-state index < -0.39 is 19.5 Å². The Morgan fingerprint density at radius 3 is 2.40 bits per heavy atom. The quantitative estimate of drug-likeness (QED) is 0.623. The number of nitro groups is 1. The third-order valence-corrected chi connectivity index (χ3v) is 5.45. The molecule has 0 atom stereocenters. The highest BCUT2D eigenvalue weighted by atomic mass is 32.2. The Bertz CT molecular complexity index is 619. The van der Waals surface area contributed by atoms with E-state index in [1.165, 1.54) is 4.68 Å². The molecule has 0 fully saturated rings. The second kappa shape index (κ2) is 5.39. The van der Waals surface area contributed by atoms with Crippen molar-refractivity contribution in [2.75, 3.05) is 18.1 Å². The Hall–Kier alpha value is -1.64. The van der Waals surface area contributed by atoms with Crippen molar-refractivity contribution in [1.29, 1.82) is 0 Å². The first kappa shape index (κ1) is 16.4. The second-order valence-electron chi connectivity index (χ2n) is 5.26. The predicted octanol–water partition coefficient (Wildman–Crippen LogP) is 1.13. The molecule has 0 aliphatic heterocycles. The lowest BCUT2D eigenvalue weighted by molar-refractivity contribution is -0.384. The Balaban J connectivity index is 3.11. The van der Waals surface area contributed by atoms with Crippen LogP contribution in [0.4, 0.5) is 11.5 Å². The summed E-state index contributed by atoms with van der Waals surface area (Å²) in [6, 6.07) is 0. The summed E-state index contributed by atoms with van der Waals surface area (Å²) in [5.41, 5.74) is 0.275. The summed E-state index contributed by atoms with van der Waals surface area (Å²) in [6.07, 6.45) is 1.57. The summed E-state index contributed by atoms with van der Waals surface area (Å²) in [4.78, 5) is 10.6. The highest BCUT2D eigenvalue weighted by molar-refractivity contribution is 7.92. The van der Waals surface area contributed by atoms with Crippen LogP contribution in [0.5, 0.6) is 0 Å². The molecule has 1 aromatic heterocycles. The molecule has 0 aliphatic carbocycles. The predicted molar refractivity (Wildman–Crippen MR) is 76.7 cm³/mol. The smallest absolute Gasteiger partial charge is 0.333 e. The van der Waals surface area contributed by atoms with Crippen molar-refractivity contribution >= 4 is 21.3 Å². The molecule has 0 aromatic carbocycles. The van der Waals surface area contributed by atoms with E-state index in [9.17, 15) is 18.5 Å². The summed E-state index contributed by atoms with van der Waals surface area (Å²) in [6.45, 7) is 4.98. The van der Waals surface area contributed by atoms with Crippen molar-refractivity contribution in [2.24, 2.45) is 7.05 Å². The fraction of sp³-hybridized carbons (Fsp3) is 0.727. The minimum absolute atomic E-state index is 0.0648. The van der Waals surface area contributed by atoms with Crippen LogP contribution in [-0.2, 0) is 23.3 Å². The zero-order chi connectivity index (χ0) is 15.7. The van der Waals surface area contributed by atoms with Crippen LogP contribution in [0.15, 0.2) is 0 Å². The lowest BCUT2D eigenvalue weighted by Gasteiger charge is -2.23. The van der Waals surface area contributed by atoms with Crippen LogP contribution in [0.25, 0.3) is 0 Å². The van der Waals surface area contributed by atoms with Crippen LogP contribution in [-0.4, -0.2) is 40.7 Å². The van der Waals surface area contributed by atoms with Gasteiger partial charge in [-0.15, -0.1) is 0 Å². The number of nitrogens with zero attached hydrogens (tertiary/aromatic N) is 3. The number of aromatic nitrogens is 2. The third kappa shape index (κ3) is 3.09. The van der Waals surface area contributed by atoms with E-state index in [1.54, 1.807) is 27.8 Å². The highest BCUT2D eigenvalue weighted by Gasteiger charge is 2.32. The van der Waals surface area contributed by atoms with E-state index in [2.05, 4.69) is 10.4 Å². The van der Waals surface area contributed by atoms with Gasteiger partial charge in [0.25, 0.3) is 0 Å². The normalized spacial score (nSPS) is 12.4. The standard InChI is InChI=1S/C11H20N4O4S/c1-6-8-9(15(16)17)10(14(4)13-8)12-7-11(2,3)20(5,18)19/h12H,6-7H2,1-5H3. The van der Waals surface area contributed by atoms with Crippen LogP contribution in [0.2, 0.25) is 0 Å². The molecule has 0 unspecified atom stereocenters. The molecule has 8 nitrogen and oxygen atoms in total. The molecule has 1 aromatic rings. The van der Waals surface area contributed by atoms with Gasteiger partial charge in [-0.05, 0) is 20.3 Å². The van der Waals surface area contributed by atoms with E-state index >= 15 is 0 Å². The molecule has 0 spiro atoms. The molecule has 114 valence electrons. The van der Waals surface area contributed by atoms with Crippen LogP contribution in [0, 0.1) is 10.1 Å². The topological polar surface area (TPSA) is 107 Å². The largest absolute Gasteiger partial charge is 0.363 e. The SMILES string of the molecule is CCc1nn(C)c(NCC(C)(C)S(C)(=O)=O)c1[N+](=O)[O-]. The lowest BCUT2D eigenvalue weighted by Crippen LogP contribution is -2.38. The highest BCUT2D eigenvalue weighted by Crippen LogP contribution is 2.29. The average molecular weight is 304 g/mol. The molecule has 20 heavy (non-hydrogen) atoms. The van der Waals surface area contributed by atoms with E-state index in [4.69, 9.17) is 0 Å². The maximum Gasteiger partial charge on any atom is 0.333 e. The Kier molecular flexibility index (Phi) is 4.42. The number of anilines is 1. The van der Waals surface area contributed by atoms with Gasteiger partial charge in [-0.25, -0.2) is 13.1 Å².